The standard InChI is InChI=1S/C12H20N2/c1-8(2)11-10(5)14(6)7-13-12(11)9(3)4/h7-9H,5H2,1-4,6H3. The predicted molar refractivity (Wildman–Crippen MR) is 62.1 cm³/mol. The van der Waals surface area contributed by atoms with Crippen molar-refractivity contribution in [3.8, 4) is 0 Å². The first-order valence-electron chi connectivity index (χ1n) is 5.15. The van der Waals surface area contributed by atoms with E-state index in [1.807, 2.05) is 18.3 Å². The van der Waals surface area contributed by atoms with Gasteiger partial charge in [0.05, 0.1) is 12.0 Å². The fourth-order valence-electron chi connectivity index (χ4n) is 1.71. The van der Waals surface area contributed by atoms with Gasteiger partial charge in [-0.15, -0.1) is 0 Å². The highest BCUT2D eigenvalue weighted by Gasteiger charge is 2.21. The Morgan fingerprint density at radius 1 is 1.21 bits per heavy atom. The fourth-order valence-corrected chi connectivity index (χ4v) is 1.71. The molecule has 0 saturated heterocycles. The van der Waals surface area contributed by atoms with E-state index < -0.39 is 0 Å². The van der Waals surface area contributed by atoms with Crippen molar-refractivity contribution < 1.29 is 0 Å². The number of hydrogen-bond acceptors (Lipinski definition) is 2. The summed E-state index contributed by atoms with van der Waals surface area (Å²) in [7, 11) is 1.99. The smallest absolute Gasteiger partial charge is 0.0950 e. The Morgan fingerprint density at radius 2 is 1.79 bits per heavy atom. The second-order valence-corrected chi connectivity index (χ2v) is 4.41. The van der Waals surface area contributed by atoms with Crippen molar-refractivity contribution >= 4 is 6.34 Å². The molecule has 0 aromatic carbocycles. The zero-order valence-corrected chi connectivity index (χ0v) is 9.83. The van der Waals surface area contributed by atoms with Crippen LogP contribution < -0.4 is 0 Å². The fraction of sp³-hybridized carbons (Fsp3) is 0.583. The number of allylic oxidation sites excluding steroid dienone is 2. The molecule has 1 heterocycles. The summed E-state index contributed by atoms with van der Waals surface area (Å²) in [6.45, 7) is 12.8. The monoisotopic (exact) mass is 192 g/mol. The average molecular weight is 192 g/mol. The first-order valence-corrected chi connectivity index (χ1v) is 5.15. The number of aliphatic imine (C=N–C) groups is 1. The van der Waals surface area contributed by atoms with E-state index in [2.05, 4.69) is 39.3 Å². The highest BCUT2D eigenvalue weighted by molar-refractivity contribution is 5.65. The molecule has 0 spiro atoms. The van der Waals surface area contributed by atoms with Gasteiger partial charge >= 0.3 is 0 Å². The topological polar surface area (TPSA) is 15.6 Å². The molecule has 0 N–H and O–H groups in total. The van der Waals surface area contributed by atoms with E-state index in [1.165, 1.54) is 11.3 Å². The Labute approximate surface area is 87.0 Å². The third-order valence-electron chi connectivity index (χ3n) is 2.51. The molecule has 2 nitrogen and oxygen atoms in total. The van der Waals surface area contributed by atoms with Crippen molar-refractivity contribution in [2.24, 2.45) is 16.8 Å². The Kier molecular flexibility index (Phi) is 3.14. The molecule has 0 saturated carbocycles. The maximum atomic E-state index is 4.48. The molecule has 78 valence electrons. The SMILES string of the molecule is C=C1C(C(C)C)=C(C(C)C)N=CN1C. The summed E-state index contributed by atoms with van der Waals surface area (Å²) in [6, 6.07) is 0. The molecule has 1 aliphatic rings. The summed E-state index contributed by atoms with van der Waals surface area (Å²) in [5.41, 5.74) is 3.56. The summed E-state index contributed by atoms with van der Waals surface area (Å²) in [5.74, 6) is 0.953. The van der Waals surface area contributed by atoms with Gasteiger partial charge in [0.1, 0.15) is 0 Å². The van der Waals surface area contributed by atoms with Crippen LogP contribution in [-0.2, 0) is 0 Å². The molecule has 0 atom stereocenters. The van der Waals surface area contributed by atoms with Gasteiger partial charge in [0.2, 0.25) is 0 Å². The molecule has 0 aromatic rings. The summed E-state index contributed by atoms with van der Waals surface area (Å²) < 4.78 is 0. The molecule has 1 aliphatic heterocycles. The highest BCUT2D eigenvalue weighted by atomic mass is 15.2. The Bertz CT molecular complexity index is 295. The van der Waals surface area contributed by atoms with Gasteiger partial charge in [-0.25, -0.2) is 4.99 Å². The van der Waals surface area contributed by atoms with Crippen LogP contribution in [0.3, 0.4) is 0 Å². The molecule has 0 aliphatic carbocycles. The van der Waals surface area contributed by atoms with Crippen LogP contribution in [0.25, 0.3) is 0 Å². The first kappa shape index (κ1) is 11.0. The minimum atomic E-state index is 0.467. The molecular formula is C12H20N2. The van der Waals surface area contributed by atoms with Crippen LogP contribution in [0.4, 0.5) is 0 Å². The van der Waals surface area contributed by atoms with Crippen LogP contribution in [0, 0.1) is 11.8 Å². The van der Waals surface area contributed by atoms with Gasteiger partial charge in [-0.3, -0.25) is 0 Å². The lowest BCUT2D eigenvalue weighted by atomic mass is 9.92. The van der Waals surface area contributed by atoms with E-state index in [1.54, 1.807) is 0 Å². The van der Waals surface area contributed by atoms with Gasteiger partial charge in [0.15, 0.2) is 0 Å². The van der Waals surface area contributed by atoms with Crippen LogP contribution in [-0.4, -0.2) is 18.3 Å². The van der Waals surface area contributed by atoms with Gasteiger partial charge in [0.25, 0.3) is 0 Å². The van der Waals surface area contributed by atoms with Gasteiger partial charge in [0, 0.05) is 12.7 Å². The van der Waals surface area contributed by atoms with E-state index in [4.69, 9.17) is 0 Å². The van der Waals surface area contributed by atoms with Crippen LogP contribution in [0.2, 0.25) is 0 Å². The van der Waals surface area contributed by atoms with Crippen molar-refractivity contribution in [1.82, 2.24) is 4.90 Å². The first-order chi connectivity index (χ1) is 6.45. The third kappa shape index (κ3) is 1.89. The minimum absolute atomic E-state index is 0.467. The second-order valence-electron chi connectivity index (χ2n) is 4.41. The molecule has 0 radical (unpaired) electrons. The lowest BCUT2D eigenvalue weighted by molar-refractivity contribution is 0.578. The molecule has 1 rings (SSSR count). The van der Waals surface area contributed by atoms with E-state index in [0.717, 1.165) is 5.70 Å². The zero-order valence-electron chi connectivity index (χ0n) is 9.83. The Hall–Kier alpha value is -1.05. The van der Waals surface area contributed by atoms with Crippen LogP contribution in [0.5, 0.6) is 0 Å². The summed E-state index contributed by atoms with van der Waals surface area (Å²) in [5, 5.41) is 0. The number of hydrogen-bond donors (Lipinski definition) is 0. The number of nitrogens with zero attached hydrogens (tertiary/aromatic N) is 2. The van der Waals surface area contributed by atoms with Gasteiger partial charge in [-0.1, -0.05) is 34.3 Å². The number of rotatable bonds is 2. The van der Waals surface area contributed by atoms with E-state index >= 15 is 0 Å². The lowest BCUT2D eigenvalue weighted by Gasteiger charge is -2.29. The molecule has 14 heavy (non-hydrogen) atoms. The Morgan fingerprint density at radius 3 is 2.21 bits per heavy atom. The average Bonchev–Trinajstić information content (AvgIpc) is 2.08. The molecule has 0 amide bonds. The molecule has 0 unspecified atom stereocenters. The van der Waals surface area contributed by atoms with E-state index in [-0.39, 0.29) is 0 Å². The quantitative estimate of drug-likeness (QED) is 0.656. The summed E-state index contributed by atoms with van der Waals surface area (Å²) >= 11 is 0. The molecule has 2 heteroatoms. The van der Waals surface area contributed by atoms with E-state index in [9.17, 15) is 0 Å². The van der Waals surface area contributed by atoms with Gasteiger partial charge < -0.3 is 4.90 Å². The minimum Gasteiger partial charge on any atom is -0.336 e. The predicted octanol–water partition coefficient (Wildman–Crippen LogP) is 3.04. The normalized spacial score (nSPS) is 17.6. The highest BCUT2D eigenvalue weighted by Crippen LogP contribution is 2.31. The maximum absolute atomic E-state index is 4.48. The molecule has 0 fully saturated rings. The second kappa shape index (κ2) is 3.99. The van der Waals surface area contributed by atoms with Crippen molar-refractivity contribution in [2.45, 2.75) is 27.7 Å². The number of likely N-dealkylation sites (N-methyl/N-ethyl adjacent to an activating group) is 1. The van der Waals surface area contributed by atoms with Crippen molar-refractivity contribution in [1.29, 1.82) is 0 Å². The maximum Gasteiger partial charge on any atom is 0.0950 e. The van der Waals surface area contributed by atoms with Crippen LogP contribution in [0.1, 0.15) is 27.7 Å². The van der Waals surface area contributed by atoms with Crippen molar-refractivity contribution in [2.75, 3.05) is 7.05 Å². The largest absolute Gasteiger partial charge is 0.336 e. The van der Waals surface area contributed by atoms with Gasteiger partial charge in [-0.05, 0) is 17.4 Å². The third-order valence-corrected chi connectivity index (χ3v) is 2.51. The molecular weight excluding hydrogens is 172 g/mol. The van der Waals surface area contributed by atoms with Crippen molar-refractivity contribution in [3.05, 3.63) is 23.5 Å². The Balaban J connectivity index is 3.17. The molecule has 0 bridgehead atoms. The lowest BCUT2D eigenvalue weighted by Crippen LogP contribution is -2.24. The van der Waals surface area contributed by atoms with Crippen LogP contribution >= 0.6 is 0 Å². The molecule has 0 aromatic heterocycles. The van der Waals surface area contributed by atoms with Crippen molar-refractivity contribution in [3.63, 3.8) is 0 Å². The van der Waals surface area contributed by atoms with Gasteiger partial charge in [-0.2, -0.15) is 0 Å². The van der Waals surface area contributed by atoms with Crippen LogP contribution in [0.15, 0.2) is 28.5 Å². The zero-order chi connectivity index (χ0) is 10.9. The summed E-state index contributed by atoms with van der Waals surface area (Å²) in [6.07, 6.45) is 1.85. The van der Waals surface area contributed by atoms with E-state index in [0.29, 0.717) is 11.8 Å². The summed E-state index contributed by atoms with van der Waals surface area (Å²) in [4.78, 5) is 6.47.